The standard InChI is InChI=1S/C12H14N2O2S/c1-15-8-3-4-10(16-2)9(5-8)12-11(6-13)17-7-14-12/h3-5,7H,6,13H2,1-2H3. The van der Waals surface area contributed by atoms with Gasteiger partial charge in [0.05, 0.1) is 25.4 Å². The summed E-state index contributed by atoms with van der Waals surface area (Å²) in [6, 6.07) is 5.64. The Labute approximate surface area is 104 Å². The average Bonchev–Trinajstić information content (AvgIpc) is 2.86. The van der Waals surface area contributed by atoms with Crippen LogP contribution in [-0.4, -0.2) is 19.2 Å². The molecule has 0 unspecified atom stereocenters. The highest BCUT2D eigenvalue weighted by Crippen LogP contribution is 2.35. The van der Waals surface area contributed by atoms with Gasteiger partial charge in [-0.2, -0.15) is 0 Å². The van der Waals surface area contributed by atoms with E-state index in [4.69, 9.17) is 15.2 Å². The van der Waals surface area contributed by atoms with Crippen LogP contribution in [0.2, 0.25) is 0 Å². The lowest BCUT2D eigenvalue weighted by molar-refractivity contribution is 0.404. The van der Waals surface area contributed by atoms with Crippen LogP contribution in [-0.2, 0) is 6.54 Å². The van der Waals surface area contributed by atoms with Gasteiger partial charge in [-0.1, -0.05) is 0 Å². The van der Waals surface area contributed by atoms with Crippen molar-refractivity contribution in [3.63, 3.8) is 0 Å². The number of thiazole rings is 1. The number of hydrogen-bond acceptors (Lipinski definition) is 5. The van der Waals surface area contributed by atoms with E-state index in [1.54, 1.807) is 31.1 Å². The zero-order valence-corrected chi connectivity index (χ0v) is 10.6. The molecule has 2 aromatic rings. The molecular weight excluding hydrogens is 236 g/mol. The lowest BCUT2D eigenvalue weighted by atomic mass is 10.1. The summed E-state index contributed by atoms with van der Waals surface area (Å²) in [5.74, 6) is 1.54. The Morgan fingerprint density at radius 1 is 1.29 bits per heavy atom. The molecule has 1 heterocycles. The topological polar surface area (TPSA) is 57.4 Å². The first kappa shape index (κ1) is 11.9. The minimum atomic E-state index is 0.473. The predicted molar refractivity (Wildman–Crippen MR) is 68.5 cm³/mol. The van der Waals surface area contributed by atoms with Crippen LogP contribution in [0.25, 0.3) is 11.3 Å². The van der Waals surface area contributed by atoms with E-state index in [0.29, 0.717) is 6.54 Å². The lowest BCUT2D eigenvalue weighted by Gasteiger charge is -2.09. The van der Waals surface area contributed by atoms with Crippen molar-refractivity contribution < 1.29 is 9.47 Å². The third-order valence-electron chi connectivity index (χ3n) is 2.49. The van der Waals surface area contributed by atoms with Crippen molar-refractivity contribution in [2.24, 2.45) is 5.73 Å². The summed E-state index contributed by atoms with van der Waals surface area (Å²) in [4.78, 5) is 5.38. The highest BCUT2D eigenvalue weighted by Gasteiger charge is 2.13. The maximum atomic E-state index is 5.69. The van der Waals surface area contributed by atoms with Crippen molar-refractivity contribution >= 4 is 11.3 Å². The Kier molecular flexibility index (Phi) is 3.61. The van der Waals surface area contributed by atoms with E-state index in [-0.39, 0.29) is 0 Å². The van der Waals surface area contributed by atoms with Crippen molar-refractivity contribution in [3.05, 3.63) is 28.6 Å². The number of methoxy groups -OCH3 is 2. The van der Waals surface area contributed by atoms with E-state index >= 15 is 0 Å². The van der Waals surface area contributed by atoms with E-state index in [0.717, 1.165) is 27.6 Å². The van der Waals surface area contributed by atoms with E-state index in [1.807, 2.05) is 18.2 Å². The van der Waals surface area contributed by atoms with E-state index < -0.39 is 0 Å². The minimum absolute atomic E-state index is 0.473. The molecule has 0 amide bonds. The van der Waals surface area contributed by atoms with Crippen LogP contribution in [0.1, 0.15) is 4.88 Å². The molecule has 0 bridgehead atoms. The molecule has 0 saturated carbocycles. The second-order valence-corrected chi connectivity index (χ2v) is 4.33. The Morgan fingerprint density at radius 2 is 2.12 bits per heavy atom. The zero-order chi connectivity index (χ0) is 12.3. The second-order valence-electron chi connectivity index (χ2n) is 3.39. The summed E-state index contributed by atoms with van der Waals surface area (Å²) >= 11 is 1.54. The fraction of sp³-hybridized carbons (Fsp3) is 0.250. The number of benzene rings is 1. The first-order valence-electron chi connectivity index (χ1n) is 5.15. The highest BCUT2D eigenvalue weighted by atomic mass is 32.1. The van der Waals surface area contributed by atoms with Gasteiger partial charge in [0.1, 0.15) is 11.5 Å². The number of nitrogens with zero attached hydrogens (tertiary/aromatic N) is 1. The predicted octanol–water partition coefficient (Wildman–Crippen LogP) is 2.29. The van der Waals surface area contributed by atoms with Gasteiger partial charge in [0.15, 0.2) is 0 Å². The number of rotatable bonds is 4. The van der Waals surface area contributed by atoms with Gasteiger partial charge in [-0.3, -0.25) is 0 Å². The molecule has 0 aliphatic heterocycles. The number of aromatic nitrogens is 1. The van der Waals surface area contributed by atoms with Crippen LogP contribution in [0.4, 0.5) is 0 Å². The Bertz CT molecular complexity index is 511. The van der Waals surface area contributed by atoms with Gasteiger partial charge < -0.3 is 15.2 Å². The molecule has 5 heteroatoms. The largest absolute Gasteiger partial charge is 0.497 e. The smallest absolute Gasteiger partial charge is 0.128 e. The summed E-state index contributed by atoms with van der Waals surface area (Å²) in [6.45, 7) is 0.473. The van der Waals surface area contributed by atoms with E-state index in [1.165, 1.54) is 0 Å². The summed E-state index contributed by atoms with van der Waals surface area (Å²) in [5, 5.41) is 0. The molecule has 4 nitrogen and oxygen atoms in total. The number of nitrogens with two attached hydrogens (primary N) is 1. The van der Waals surface area contributed by atoms with Crippen LogP contribution in [0.15, 0.2) is 23.7 Å². The second kappa shape index (κ2) is 5.16. The number of ether oxygens (including phenoxy) is 2. The molecular formula is C12H14N2O2S. The van der Waals surface area contributed by atoms with Crippen LogP contribution in [0, 0.1) is 0 Å². The minimum Gasteiger partial charge on any atom is -0.497 e. The van der Waals surface area contributed by atoms with Crippen molar-refractivity contribution in [3.8, 4) is 22.8 Å². The van der Waals surface area contributed by atoms with Gasteiger partial charge >= 0.3 is 0 Å². The Hall–Kier alpha value is -1.59. The maximum absolute atomic E-state index is 5.69. The van der Waals surface area contributed by atoms with Gasteiger partial charge in [-0.05, 0) is 18.2 Å². The SMILES string of the molecule is COc1ccc(OC)c(-c2ncsc2CN)c1. The van der Waals surface area contributed by atoms with Crippen molar-refractivity contribution in [2.75, 3.05) is 14.2 Å². The molecule has 2 N–H and O–H groups in total. The Morgan fingerprint density at radius 3 is 2.76 bits per heavy atom. The first-order chi connectivity index (χ1) is 8.30. The highest BCUT2D eigenvalue weighted by molar-refractivity contribution is 7.10. The van der Waals surface area contributed by atoms with Gasteiger partial charge in [0.2, 0.25) is 0 Å². The molecule has 1 aromatic heterocycles. The van der Waals surface area contributed by atoms with Crippen molar-refractivity contribution in [1.29, 1.82) is 0 Å². The van der Waals surface area contributed by atoms with E-state index in [2.05, 4.69) is 4.98 Å². The third kappa shape index (κ3) is 2.25. The summed E-state index contributed by atoms with van der Waals surface area (Å²) in [5.41, 5.74) is 9.26. The summed E-state index contributed by atoms with van der Waals surface area (Å²) in [7, 11) is 3.27. The molecule has 0 atom stereocenters. The normalized spacial score (nSPS) is 10.3. The monoisotopic (exact) mass is 250 g/mol. The van der Waals surface area contributed by atoms with Crippen LogP contribution >= 0.6 is 11.3 Å². The zero-order valence-electron chi connectivity index (χ0n) is 9.77. The average molecular weight is 250 g/mol. The van der Waals surface area contributed by atoms with Gasteiger partial charge in [0.25, 0.3) is 0 Å². The van der Waals surface area contributed by atoms with Crippen molar-refractivity contribution in [1.82, 2.24) is 4.98 Å². The Balaban J connectivity index is 2.56. The maximum Gasteiger partial charge on any atom is 0.128 e. The summed E-state index contributed by atoms with van der Waals surface area (Å²) < 4.78 is 10.6. The lowest BCUT2D eigenvalue weighted by Crippen LogP contribution is -1.97. The number of hydrogen-bond donors (Lipinski definition) is 1. The molecule has 0 aliphatic carbocycles. The van der Waals surface area contributed by atoms with Crippen molar-refractivity contribution in [2.45, 2.75) is 6.54 Å². The molecule has 17 heavy (non-hydrogen) atoms. The summed E-state index contributed by atoms with van der Waals surface area (Å²) in [6.07, 6.45) is 0. The van der Waals surface area contributed by atoms with Crippen LogP contribution in [0.3, 0.4) is 0 Å². The van der Waals surface area contributed by atoms with Gasteiger partial charge in [0, 0.05) is 17.0 Å². The van der Waals surface area contributed by atoms with E-state index in [9.17, 15) is 0 Å². The molecule has 0 aliphatic rings. The quantitative estimate of drug-likeness (QED) is 0.904. The first-order valence-corrected chi connectivity index (χ1v) is 6.03. The fourth-order valence-electron chi connectivity index (χ4n) is 1.63. The molecule has 0 fully saturated rings. The molecule has 0 spiro atoms. The molecule has 2 rings (SSSR count). The molecule has 90 valence electrons. The van der Waals surface area contributed by atoms with Gasteiger partial charge in [-0.15, -0.1) is 11.3 Å². The fourth-order valence-corrected chi connectivity index (χ4v) is 2.29. The molecule has 0 saturated heterocycles. The van der Waals surface area contributed by atoms with Gasteiger partial charge in [-0.25, -0.2) is 4.98 Å². The third-order valence-corrected chi connectivity index (χ3v) is 3.34. The van der Waals surface area contributed by atoms with Crippen LogP contribution < -0.4 is 15.2 Å². The molecule has 1 aromatic carbocycles. The molecule has 0 radical (unpaired) electrons. The van der Waals surface area contributed by atoms with Crippen LogP contribution in [0.5, 0.6) is 11.5 Å².